The minimum absolute atomic E-state index is 0.0178. The summed E-state index contributed by atoms with van der Waals surface area (Å²) in [4.78, 5) is 0. The molecule has 0 aromatic rings. The van der Waals surface area contributed by atoms with Crippen molar-refractivity contribution < 1.29 is 13.9 Å². The van der Waals surface area contributed by atoms with E-state index in [1.54, 1.807) is 0 Å². The van der Waals surface area contributed by atoms with Crippen LogP contribution in [0.1, 0.15) is 46.0 Å². The van der Waals surface area contributed by atoms with E-state index in [-0.39, 0.29) is 31.4 Å². The van der Waals surface area contributed by atoms with E-state index in [1.807, 2.05) is 0 Å². The van der Waals surface area contributed by atoms with Gasteiger partial charge in [-0.2, -0.15) is 0 Å². The minimum Gasteiger partial charge on any atom is -0.396 e. The van der Waals surface area contributed by atoms with Crippen LogP contribution in [0.5, 0.6) is 0 Å². The number of hydrogen-bond acceptors (Lipinski definition) is 2. The Morgan fingerprint density at radius 1 is 1.41 bits per heavy atom. The second kappa shape index (κ2) is 6.64. The number of aliphatic hydroxyl groups is 1. The Labute approximate surface area is 103 Å². The SMILES string of the molecule is CC(C)C(CCO)NCC1CCCC(F)(F)C1. The molecule has 1 aliphatic rings. The second-order valence-electron chi connectivity index (χ2n) is 5.59. The molecule has 2 nitrogen and oxygen atoms in total. The molecule has 0 aromatic carbocycles. The van der Waals surface area contributed by atoms with E-state index in [2.05, 4.69) is 19.2 Å². The molecular formula is C13H25F2NO. The molecule has 4 heteroatoms. The van der Waals surface area contributed by atoms with Crippen LogP contribution < -0.4 is 5.32 Å². The maximum absolute atomic E-state index is 13.2. The molecule has 0 radical (unpaired) electrons. The lowest BCUT2D eigenvalue weighted by atomic mass is 9.86. The molecule has 2 atom stereocenters. The van der Waals surface area contributed by atoms with Crippen LogP contribution in [-0.2, 0) is 0 Å². The number of hydrogen-bond donors (Lipinski definition) is 2. The first kappa shape index (κ1) is 14.8. The molecule has 0 aliphatic heterocycles. The van der Waals surface area contributed by atoms with Crippen molar-refractivity contribution in [2.75, 3.05) is 13.2 Å². The van der Waals surface area contributed by atoms with Crippen molar-refractivity contribution in [1.82, 2.24) is 5.32 Å². The molecule has 102 valence electrons. The van der Waals surface area contributed by atoms with Gasteiger partial charge in [0.25, 0.3) is 0 Å². The summed E-state index contributed by atoms with van der Waals surface area (Å²) in [6.07, 6.45) is 2.29. The zero-order valence-corrected chi connectivity index (χ0v) is 10.9. The Morgan fingerprint density at radius 3 is 2.65 bits per heavy atom. The van der Waals surface area contributed by atoms with E-state index in [9.17, 15) is 8.78 Å². The summed E-state index contributed by atoms with van der Waals surface area (Å²) in [6, 6.07) is 0.232. The van der Waals surface area contributed by atoms with Crippen molar-refractivity contribution in [3.8, 4) is 0 Å². The third kappa shape index (κ3) is 5.30. The van der Waals surface area contributed by atoms with Crippen LogP contribution in [0.25, 0.3) is 0 Å². The zero-order chi connectivity index (χ0) is 12.9. The molecule has 0 heterocycles. The van der Waals surface area contributed by atoms with Crippen molar-refractivity contribution in [3.63, 3.8) is 0 Å². The van der Waals surface area contributed by atoms with E-state index in [0.717, 1.165) is 6.42 Å². The van der Waals surface area contributed by atoms with Crippen LogP contribution in [0.3, 0.4) is 0 Å². The smallest absolute Gasteiger partial charge is 0.248 e. The van der Waals surface area contributed by atoms with Crippen LogP contribution in [0, 0.1) is 11.8 Å². The Hall–Kier alpha value is -0.220. The number of aliphatic hydroxyl groups excluding tert-OH is 1. The fourth-order valence-electron chi connectivity index (χ4n) is 2.58. The topological polar surface area (TPSA) is 32.3 Å². The Bertz CT molecular complexity index is 221. The van der Waals surface area contributed by atoms with Gasteiger partial charge in [0.05, 0.1) is 0 Å². The average molecular weight is 249 g/mol. The first-order valence-electron chi connectivity index (χ1n) is 6.66. The number of alkyl halides is 2. The molecule has 2 N–H and O–H groups in total. The summed E-state index contributed by atoms with van der Waals surface area (Å²) in [7, 11) is 0. The summed E-state index contributed by atoms with van der Waals surface area (Å²) in [5.74, 6) is -1.96. The predicted octanol–water partition coefficient (Wildman–Crippen LogP) is 2.81. The predicted molar refractivity (Wildman–Crippen MR) is 65.2 cm³/mol. The molecule has 1 rings (SSSR count). The van der Waals surface area contributed by atoms with Crippen LogP contribution in [0.2, 0.25) is 0 Å². The molecule has 1 fully saturated rings. The highest BCUT2D eigenvalue weighted by atomic mass is 19.3. The molecule has 0 saturated heterocycles. The first-order chi connectivity index (χ1) is 7.94. The summed E-state index contributed by atoms with van der Waals surface area (Å²) >= 11 is 0. The van der Waals surface area contributed by atoms with Crippen LogP contribution >= 0.6 is 0 Å². The van der Waals surface area contributed by atoms with Gasteiger partial charge < -0.3 is 10.4 Å². The molecule has 2 unspecified atom stereocenters. The molecular weight excluding hydrogens is 224 g/mol. The van der Waals surface area contributed by atoms with Gasteiger partial charge in [0.15, 0.2) is 0 Å². The van der Waals surface area contributed by atoms with Gasteiger partial charge in [-0.3, -0.25) is 0 Å². The van der Waals surface area contributed by atoms with Crippen LogP contribution in [0.4, 0.5) is 8.78 Å². The quantitative estimate of drug-likeness (QED) is 0.758. The molecule has 0 spiro atoms. The lowest BCUT2D eigenvalue weighted by Gasteiger charge is -2.31. The lowest BCUT2D eigenvalue weighted by molar-refractivity contribution is -0.0525. The molecule has 0 aromatic heterocycles. The molecule has 0 amide bonds. The largest absolute Gasteiger partial charge is 0.396 e. The van der Waals surface area contributed by atoms with Gasteiger partial charge in [-0.25, -0.2) is 8.78 Å². The van der Waals surface area contributed by atoms with Gasteiger partial charge in [0.1, 0.15) is 0 Å². The van der Waals surface area contributed by atoms with E-state index in [0.29, 0.717) is 25.3 Å². The Balaban J connectivity index is 2.33. The highest BCUT2D eigenvalue weighted by Crippen LogP contribution is 2.36. The lowest BCUT2D eigenvalue weighted by Crippen LogP contribution is -2.40. The van der Waals surface area contributed by atoms with Gasteiger partial charge in [-0.15, -0.1) is 0 Å². The van der Waals surface area contributed by atoms with Gasteiger partial charge in [0.2, 0.25) is 5.92 Å². The molecule has 0 bridgehead atoms. The molecule has 1 aliphatic carbocycles. The fourth-order valence-corrected chi connectivity index (χ4v) is 2.58. The van der Waals surface area contributed by atoms with Crippen molar-refractivity contribution in [2.24, 2.45) is 11.8 Å². The number of rotatable bonds is 6. The van der Waals surface area contributed by atoms with Gasteiger partial charge >= 0.3 is 0 Å². The minimum atomic E-state index is -2.46. The van der Waals surface area contributed by atoms with Crippen molar-refractivity contribution in [1.29, 1.82) is 0 Å². The normalized spacial score (nSPS) is 26.1. The van der Waals surface area contributed by atoms with Crippen molar-refractivity contribution in [3.05, 3.63) is 0 Å². The van der Waals surface area contributed by atoms with Gasteiger partial charge in [-0.05, 0) is 37.6 Å². The van der Waals surface area contributed by atoms with Gasteiger partial charge in [0, 0.05) is 25.5 Å². The molecule has 17 heavy (non-hydrogen) atoms. The van der Waals surface area contributed by atoms with Crippen molar-refractivity contribution >= 4 is 0 Å². The van der Waals surface area contributed by atoms with E-state index >= 15 is 0 Å². The summed E-state index contributed by atoms with van der Waals surface area (Å²) < 4.78 is 26.4. The Morgan fingerprint density at radius 2 is 2.12 bits per heavy atom. The van der Waals surface area contributed by atoms with Crippen LogP contribution in [0.15, 0.2) is 0 Å². The van der Waals surface area contributed by atoms with Crippen LogP contribution in [-0.4, -0.2) is 30.2 Å². The Kier molecular flexibility index (Phi) is 5.80. The maximum Gasteiger partial charge on any atom is 0.248 e. The third-order valence-corrected chi connectivity index (χ3v) is 3.66. The fraction of sp³-hybridized carbons (Fsp3) is 1.00. The highest BCUT2D eigenvalue weighted by molar-refractivity contribution is 4.81. The molecule has 1 saturated carbocycles. The average Bonchev–Trinajstić information content (AvgIpc) is 2.22. The first-order valence-corrected chi connectivity index (χ1v) is 6.66. The third-order valence-electron chi connectivity index (χ3n) is 3.66. The van der Waals surface area contributed by atoms with E-state index in [4.69, 9.17) is 5.11 Å². The van der Waals surface area contributed by atoms with E-state index < -0.39 is 5.92 Å². The highest BCUT2D eigenvalue weighted by Gasteiger charge is 2.36. The number of halogens is 2. The monoisotopic (exact) mass is 249 g/mol. The second-order valence-corrected chi connectivity index (χ2v) is 5.59. The van der Waals surface area contributed by atoms with Gasteiger partial charge in [-0.1, -0.05) is 13.8 Å². The summed E-state index contributed by atoms with van der Waals surface area (Å²) in [5.41, 5.74) is 0. The zero-order valence-electron chi connectivity index (χ0n) is 10.9. The maximum atomic E-state index is 13.2. The summed E-state index contributed by atoms with van der Waals surface area (Å²) in [6.45, 7) is 4.97. The van der Waals surface area contributed by atoms with Crippen molar-refractivity contribution in [2.45, 2.75) is 57.9 Å². The number of nitrogens with one attached hydrogen (secondary N) is 1. The summed E-state index contributed by atoms with van der Waals surface area (Å²) in [5, 5.41) is 12.3. The standard InChI is InChI=1S/C13H25F2NO/c1-10(2)12(5-7-17)16-9-11-4-3-6-13(14,15)8-11/h10-12,16-17H,3-9H2,1-2H3. The van der Waals surface area contributed by atoms with E-state index in [1.165, 1.54) is 0 Å².